The number of aryl methyl sites for hydroxylation is 3. The van der Waals surface area contributed by atoms with E-state index >= 15 is 0 Å². The Kier molecular flexibility index (Phi) is 4.29. The van der Waals surface area contributed by atoms with Gasteiger partial charge in [-0.25, -0.2) is 4.98 Å². The second-order valence-corrected chi connectivity index (χ2v) is 6.68. The number of hydrogen-bond acceptors (Lipinski definition) is 3. The summed E-state index contributed by atoms with van der Waals surface area (Å²) in [5, 5.41) is 0.506. The predicted molar refractivity (Wildman–Crippen MR) is 100 cm³/mol. The van der Waals surface area contributed by atoms with Gasteiger partial charge in [-0.2, -0.15) is 0 Å². The molecule has 128 valence electrons. The van der Waals surface area contributed by atoms with Crippen LogP contribution >= 0.6 is 0 Å². The van der Waals surface area contributed by atoms with Gasteiger partial charge >= 0.3 is 0 Å². The van der Waals surface area contributed by atoms with Gasteiger partial charge in [-0.05, 0) is 51.8 Å². The second kappa shape index (κ2) is 6.28. The van der Waals surface area contributed by atoms with E-state index in [2.05, 4.69) is 29.2 Å². The summed E-state index contributed by atoms with van der Waals surface area (Å²) >= 11 is 0. The van der Waals surface area contributed by atoms with Crippen molar-refractivity contribution in [2.24, 2.45) is 0 Å². The van der Waals surface area contributed by atoms with Crippen LogP contribution in [0.4, 0.5) is 0 Å². The zero-order chi connectivity index (χ0) is 18.3. The molecular weight excluding hydrogens is 312 g/mol. The van der Waals surface area contributed by atoms with Crippen LogP contribution in [0.25, 0.3) is 11.0 Å². The van der Waals surface area contributed by atoms with Gasteiger partial charge in [-0.1, -0.05) is 29.8 Å². The van der Waals surface area contributed by atoms with Gasteiger partial charge in [0.05, 0.1) is 10.9 Å². The molecule has 0 aliphatic rings. The molecule has 4 heteroatoms. The Balaban J connectivity index is 2.35. The molecule has 2 aromatic heterocycles. The average Bonchev–Trinajstić information content (AvgIpc) is 2.55. The molecule has 0 radical (unpaired) electrons. The molecule has 0 unspecified atom stereocenters. The summed E-state index contributed by atoms with van der Waals surface area (Å²) in [7, 11) is 0. The summed E-state index contributed by atoms with van der Waals surface area (Å²) in [4.78, 5) is 29.6. The third kappa shape index (κ3) is 3.00. The molecule has 2 heterocycles. The zero-order valence-corrected chi connectivity index (χ0v) is 15.3. The minimum atomic E-state index is -0.226. The fourth-order valence-corrected chi connectivity index (χ4v) is 3.14. The van der Waals surface area contributed by atoms with Crippen LogP contribution in [0.2, 0.25) is 0 Å². The Hall–Kier alpha value is -2.75. The van der Waals surface area contributed by atoms with E-state index < -0.39 is 0 Å². The van der Waals surface area contributed by atoms with Crippen molar-refractivity contribution in [3.63, 3.8) is 0 Å². The number of aromatic nitrogens is 2. The van der Waals surface area contributed by atoms with Crippen LogP contribution in [-0.2, 0) is 6.54 Å². The first-order chi connectivity index (χ1) is 11.8. The first kappa shape index (κ1) is 17.1. The quantitative estimate of drug-likeness (QED) is 0.683. The number of Topliss-reactive ketones (excluding diaryl/α,β-unsaturated/α-hetero) is 1. The van der Waals surface area contributed by atoms with Crippen LogP contribution in [0.1, 0.15) is 45.4 Å². The minimum Gasteiger partial charge on any atom is -0.325 e. The third-order valence-corrected chi connectivity index (χ3v) is 4.75. The van der Waals surface area contributed by atoms with E-state index in [1.54, 1.807) is 0 Å². The number of benzene rings is 1. The molecule has 0 aliphatic carbocycles. The van der Waals surface area contributed by atoms with Crippen molar-refractivity contribution in [3.05, 3.63) is 74.2 Å². The molecule has 0 spiro atoms. The summed E-state index contributed by atoms with van der Waals surface area (Å²) in [5.74, 6) is -0.208. The van der Waals surface area contributed by atoms with Crippen LogP contribution in [0, 0.1) is 27.7 Å². The number of rotatable bonds is 3. The molecule has 0 N–H and O–H groups in total. The van der Waals surface area contributed by atoms with E-state index in [0.29, 0.717) is 23.3 Å². The molecule has 0 fully saturated rings. The van der Waals surface area contributed by atoms with Crippen molar-refractivity contribution < 1.29 is 4.79 Å². The van der Waals surface area contributed by atoms with Crippen LogP contribution in [-0.4, -0.2) is 15.3 Å². The van der Waals surface area contributed by atoms with Crippen LogP contribution in [0.3, 0.4) is 0 Å². The van der Waals surface area contributed by atoms with Crippen molar-refractivity contribution in [2.75, 3.05) is 0 Å². The number of hydrogen-bond donors (Lipinski definition) is 0. The summed E-state index contributed by atoms with van der Waals surface area (Å²) in [5.41, 5.74) is 5.47. The summed E-state index contributed by atoms with van der Waals surface area (Å²) in [6.45, 7) is 9.75. The summed E-state index contributed by atoms with van der Waals surface area (Å²) in [6.07, 6.45) is 0. The number of carbonyl (C=O) groups is 1. The topological polar surface area (TPSA) is 52.0 Å². The normalized spacial score (nSPS) is 11.1. The maximum atomic E-state index is 12.8. The van der Waals surface area contributed by atoms with Crippen molar-refractivity contribution in [1.82, 2.24) is 9.55 Å². The highest BCUT2D eigenvalue weighted by atomic mass is 16.1. The van der Waals surface area contributed by atoms with Gasteiger partial charge in [-0.15, -0.1) is 0 Å². The van der Waals surface area contributed by atoms with Crippen molar-refractivity contribution in [2.45, 2.75) is 41.2 Å². The number of fused-ring (bicyclic) bond motifs is 1. The lowest BCUT2D eigenvalue weighted by molar-refractivity contribution is 0.101. The van der Waals surface area contributed by atoms with Gasteiger partial charge in [0.2, 0.25) is 5.43 Å². The Bertz CT molecular complexity index is 1040. The number of carbonyl (C=O) groups excluding carboxylic acids is 1. The van der Waals surface area contributed by atoms with Crippen LogP contribution < -0.4 is 5.43 Å². The predicted octanol–water partition coefficient (Wildman–Crippen LogP) is 3.88. The zero-order valence-electron chi connectivity index (χ0n) is 15.3. The number of pyridine rings is 2. The molecule has 3 aromatic rings. The molecule has 0 amide bonds. The van der Waals surface area contributed by atoms with Gasteiger partial charge in [0.1, 0.15) is 5.65 Å². The highest BCUT2D eigenvalue weighted by Crippen LogP contribution is 2.19. The van der Waals surface area contributed by atoms with Crippen molar-refractivity contribution >= 4 is 16.8 Å². The minimum absolute atomic E-state index is 0.208. The van der Waals surface area contributed by atoms with Crippen molar-refractivity contribution in [1.29, 1.82) is 0 Å². The molecule has 0 saturated heterocycles. The molecule has 4 nitrogen and oxygen atoms in total. The Labute approximate surface area is 147 Å². The smallest absolute Gasteiger partial charge is 0.202 e. The molecule has 0 aliphatic heterocycles. The molecular formula is C21H22N2O2. The molecule has 0 atom stereocenters. The van der Waals surface area contributed by atoms with E-state index in [1.807, 2.05) is 38.3 Å². The third-order valence-electron chi connectivity index (χ3n) is 4.75. The lowest BCUT2D eigenvalue weighted by Gasteiger charge is -2.18. The standard InChI is InChI=1S/C21H22N2O2/c1-12-6-8-17(9-7-12)11-23-15(4)19(16(5)24)20(25)18-10-13(2)14(3)22-21(18)23/h6-10H,11H2,1-5H3. The van der Waals surface area contributed by atoms with Gasteiger partial charge in [0.25, 0.3) is 0 Å². The molecule has 0 bridgehead atoms. The van der Waals surface area contributed by atoms with Crippen LogP contribution in [0.5, 0.6) is 0 Å². The van der Waals surface area contributed by atoms with Gasteiger partial charge in [-0.3, -0.25) is 9.59 Å². The SMILES string of the molecule is CC(=O)c1c(C)n(Cc2ccc(C)cc2)c2nc(C)c(C)cc2c1=O. The number of nitrogens with zero attached hydrogens (tertiary/aromatic N) is 2. The Morgan fingerprint density at radius 2 is 1.72 bits per heavy atom. The van der Waals surface area contributed by atoms with Gasteiger partial charge in [0, 0.05) is 17.9 Å². The summed E-state index contributed by atoms with van der Waals surface area (Å²) in [6, 6.07) is 10.1. The summed E-state index contributed by atoms with van der Waals surface area (Å²) < 4.78 is 1.98. The van der Waals surface area contributed by atoms with E-state index in [-0.39, 0.29) is 16.8 Å². The molecule has 25 heavy (non-hydrogen) atoms. The monoisotopic (exact) mass is 334 g/mol. The number of ketones is 1. The van der Waals surface area contributed by atoms with E-state index in [0.717, 1.165) is 16.8 Å². The molecule has 0 saturated carbocycles. The first-order valence-electron chi connectivity index (χ1n) is 8.37. The van der Waals surface area contributed by atoms with Crippen LogP contribution in [0.15, 0.2) is 35.1 Å². The maximum absolute atomic E-state index is 12.8. The molecule has 3 rings (SSSR count). The van der Waals surface area contributed by atoms with Gasteiger partial charge in [0.15, 0.2) is 5.78 Å². The van der Waals surface area contributed by atoms with E-state index in [4.69, 9.17) is 0 Å². The lowest BCUT2D eigenvalue weighted by Crippen LogP contribution is -2.23. The maximum Gasteiger partial charge on any atom is 0.202 e. The highest BCUT2D eigenvalue weighted by molar-refractivity contribution is 5.98. The second-order valence-electron chi connectivity index (χ2n) is 6.68. The Morgan fingerprint density at radius 1 is 1.08 bits per heavy atom. The van der Waals surface area contributed by atoms with E-state index in [9.17, 15) is 9.59 Å². The Morgan fingerprint density at radius 3 is 2.32 bits per heavy atom. The van der Waals surface area contributed by atoms with Crippen molar-refractivity contribution in [3.8, 4) is 0 Å². The van der Waals surface area contributed by atoms with E-state index in [1.165, 1.54) is 12.5 Å². The molecule has 1 aromatic carbocycles. The largest absolute Gasteiger partial charge is 0.325 e. The first-order valence-corrected chi connectivity index (χ1v) is 8.37. The lowest BCUT2D eigenvalue weighted by atomic mass is 10.0. The average molecular weight is 334 g/mol. The highest BCUT2D eigenvalue weighted by Gasteiger charge is 2.19. The van der Waals surface area contributed by atoms with Gasteiger partial charge < -0.3 is 4.57 Å². The fraction of sp³-hybridized carbons (Fsp3) is 0.286. The fourth-order valence-electron chi connectivity index (χ4n) is 3.14.